The molecule has 13 heteroatoms. The average Bonchev–Trinajstić information content (AvgIpc) is 2.81. The average molecular weight is 493 g/mol. The number of piperazine rings is 1. The maximum absolute atomic E-state index is 13.5. The molecule has 0 radical (unpaired) electrons. The molecule has 3 rings (SSSR count). The van der Waals surface area contributed by atoms with Crippen LogP contribution in [-0.4, -0.2) is 62.7 Å². The van der Waals surface area contributed by atoms with Gasteiger partial charge in [0.2, 0.25) is 17.8 Å². The van der Waals surface area contributed by atoms with Crippen molar-refractivity contribution < 1.29 is 22.8 Å². The van der Waals surface area contributed by atoms with Crippen LogP contribution in [0.4, 0.5) is 30.9 Å². The number of nitrogens with zero attached hydrogens (tertiary/aromatic N) is 6. The third-order valence-corrected chi connectivity index (χ3v) is 5.44. The Balaban J connectivity index is 1.64. The number of pyridine rings is 1. The Morgan fingerprint density at radius 1 is 1.06 bits per heavy atom. The SMILES string of the molecule is C/C=C/C(=O)CCCCC(=O)N1CCN(c2nc(N)nc(-c3cnc(N)cc3C(F)(F)F)n2)CC1. The molecule has 188 valence electrons. The number of carbonyl (C=O) groups excluding carboxylic acids is 2. The van der Waals surface area contributed by atoms with Gasteiger partial charge in [-0.15, -0.1) is 0 Å². The van der Waals surface area contributed by atoms with Crippen molar-refractivity contribution in [3.63, 3.8) is 0 Å². The first-order valence-corrected chi connectivity index (χ1v) is 11.1. The molecule has 4 N–H and O–H groups in total. The number of nitrogens with two attached hydrogens (primary N) is 2. The van der Waals surface area contributed by atoms with Gasteiger partial charge in [0.1, 0.15) is 5.82 Å². The quantitative estimate of drug-likeness (QED) is 0.419. The van der Waals surface area contributed by atoms with Crippen molar-refractivity contribution in [3.05, 3.63) is 30.0 Å². The van der Waals surface area contributed by atoms with Crippen molar-refractivity contribution in [3.8, 4) is 11.4 Å². The number of unbranched alkanes of at least 4 members (excludes halogenated alkanes) is 1. The van der Waals surface area contributed by atoms with Gasteiger partial charge in [-0.2, -0.15) is 28.1 Å². The van der Waals surface area contributed by atoms with Gasteiger partial charge < -0.3 is 21.3 Å². The van der Waals surface area contributed by atoms with Crippen LogP contribution in [0.25, 0.3) is 11.4 Å². The van der Waals surface area contributed by atoms with Crippen LogP contribution in [0.5, 0.6) is 0 Å². The molecule has 35 heavy (non-hydrogen) atoms. The number of ketones is 1. The molecule has 0 spiro atoms. The van der Waals surface area contributed by atoms with Crippen LogP contribution < -0.4 is 16.4 Å². The lowest BCUT2D eigenvalue weighted by Gasteiger charge is -2.35. The monoisotopic (exact) mass is 492 g/mol. The minimum Gasteiger partial charge on any atom is -0.384 e. The fourth-order valence-corrected chi connectivity index (χ4v) is 3.69. The van der Waals surface area contributed by atoms with E-state index in [1.807, 2.05) is 0 Å². The number of carbonyl (C=O) groups is 2. The predicted molar refractivity (Wildman–Crippen MR) is 124 cm³/mol. The first-order chi connectivity index (χ1) is 16.6. The Hall–Kier alpha value is -3.77. The second kappa shape index (κ2) is 11.1. The first kappa shape index (κ1) is 25.8. The molecule has 0 aliphatic carbocycles. The van der Waals surface area contributed by atoms with Crippen molar-refractivity contribution >= 4 is 29.4 Å². The lowest BCUT2D eigenvalue weighted by Crippen LogP contribution is -2.49. The fourth-order valence-electron chi connectivity index (χ4n) is 3.69. The lowest BCUT2D eigenvalue weighted by molar-refractivity contribution is -0.137. The summed E-state index contributed by atoms with van der Waals surface area (Å²) in [7, 11) is 0. The molecule has 0 aromatic carbocycles. The number of hydrogen-bond acceptors (Lipinski definition) is 9. The van der Waals surface area contributed by atoms with Crippen LogP contribution in [0, 0.1) is 0 Å². The zero-order valence-electron chi connectivity index (χ0n) is 19.3. The van der Waals surface area contributed by atoms with Gasteiger partial charge in [0, 0.05) is 45.2 Å². The normalized spacial score (nSPS) is 14.5. The number of amides is 1. The van der Waals surface area contributed by atoms with Gasteiger partial charge in [-0.25, -0.2) is 4.98 Å². The fraction of sp³-hybridized carbons (Fsp3) is 0.455. The van der Waals surface area contributed by atoms with Crippen LogP contribution in [-0.2, 0) is 15.8 Å². The topological polar surface area (TPSA) is 144 Å². The van der Waals surface area contributed by atoms with Gasteiger partial charge >= 0.3 is 6.18 Å². The summed E-state index contributed by atoms with van der Waals surface area (Å²) in [5.74, 6) is -0.636. The molecule has 1 aliphatic heterocycles. The van der Waals surface area contributed by atoms with E-state index in [0.717, 1.165) is 12.3 Å². The van der Waals surface area contributed by atoms with Gasteiger partial charge in [-0.1, -0.05) is 6.08 Å². The number of nitrogen functional groups attached to an aromatic ring is 2. The minimum absolute atomic E-state index is 0.0123. The van der Waals surface area contributed by atoms with Gasteiger partial charge in [-0.3, -0.25) is 9.59 Å². The van der Waals surface area contributed by atoms with Crippen LogP contribution in [0.3, 0.4) is 0 Å². The second-order valence-electron chi connectivity index (χ2n) is 8.01. The van der Waals surface area contributed by atoms with Gasteiger partial charge in [0.15, 0.2) is 11.6 Å². The molecule has 1 amide bonds. The standard InChI is InChI=1S/C22H27F3N8O2/c1-2-5-14(34)6-3-4-7-18(35)32-8-10-33(11-9-32)21-30-19(29-20(27)31-21)15-13-28-17(26)12-16(15)22(23,24)25/h2,5,12-13H,3-4,6-11H2,1H3,(H2,26,28)(H2,27,29,30,31)/b5-2+. The Bertz CT molecular complexity index is 1100. The second-order valence-corrected chi connectivity index (χ2v) is 8.01. The number of hydrogen-bond donors (Lipinski definition) is 2. The molecule has 1 saturated heterocycles. The summed E-state index contributed by atoms with van der Waals surface area (Å²) in [6.45, 7) is 3.33. The van der Waals surface area contributed by atoms with E-state index in [9.17, 15) is 22.8 Å². The van der Waals surface area contributed by atoms with Gasteiger partial charge in [0.25, 0.3) is 0 Å². The van der Waals surface area contributed by atoms with E-state index in [2.05, 4.69) is 19.9 Å². The van der Waals surface area contributed by atoms with E-state index in [4.69, 9.17) is 11.5 Å². The van der Waals surface area contributed by atoms with Crippen molar-refractivity contribution in [2.75, 3.05) is 42.5 Å². The van der Waals surface area contributed by atoms with Gasteiger partial charge in [-0.05, 0) is 31.9 Å². The van der Waals surface area contributed by atoms with Crippen molar-refractivity contribution in [1.29, 1.82) is 0 Å². The van der Waals surface area contributed by atoms with Crippen LogP contribution in [0.15, 0.2) is 24.4 Å². The Kier molecular flexibility index (Phi) is 8.20. The first-order valence-electron chi connectivity index (χ1n) is 11.1. The largest absolute Gasteiger partial charge is 0.417 e. The summed E-state index contributed by atoms with van der Waals surface area (Å²) in [5, 5.41) is 0. The van der Waals surface area contributed by atoms with Crippen molar-refractivity contribution in [2.45, 2.75) is 38.8 Å². The molecule has 2 aromatic heterocycles. The van der Waals surface area contributed by atoms with E-state index in [0.29, 0.717) is 51.9 Å². The number of anilines is 3. The molecular formula is C22H27F3N8O2. The van der Waals surface area contributed by atoms with E-state index in [1.54, 1.807) is 22.8 Å². The number of rotatable bonds is 8. The summed E-state index contributed by atoms with van der Waals surface area (Å²) >= 11 is 0. The third-order valence-electron chi connectivity index (χ3n) is 5.44. The number of allylic oxidation sites excluding steroid dienone is 2. The lowest BCUT2D eigenvalue weighted by atomic mass is 10.1. The Labute approximate surface area is 200 Å². The smallest absolute Gasteiger partial charge is 0.384 e. The maximum Gasteiger partial charge on any atom is 0.417 e. The molecule has 0 unspecified atom stereocenters. The predicted octanol–water partition coefficient (Wildman–Crippen LogP) is 2.47. The molecular weight excluding hydrogens is 465 g/mol. The zero-order valence-corrected chi connectivity index (χ0v) is 19.3. The van der Waals surface area contributed by atoms with Crippen molar-refractivity contribution in [2.24, 2.45) is 0 Å². The summed E-state index contributed by atoms with van der Waals surface area (Å²) in [6.07, 6.45) is 1.49. The third kappa shape index (κ3) is 6.87. The van der Waals surface area contributed by atoms with Crippen LogP contribution in [0.2, 0.25) is 0 Å². The molecule has 3 heterocycles. The van der Waals surface area contributed by atoms with Crippen LogP contribution in [0.1, 0.15) is 38.2 Å². The molecule has 0 bridgehead atoms. The highest BCUT2D eigenvalue weighted by Gasteiger charge is 2.35. The molecule has 10 nitrogen and oxygen atoms in total. The Morgan fingerprint density at radius 2 is 1.74 bits per heavy atom. The van der Waals surface area contributed by atoms with Gasteiger partial charge in [0.05, 0.1) is 11.1 Å². The highest BCUT2D eigenvalue weighted by atomic mass is 19.4. The Morgan fingerprint density at radius 3 is 2.40 bits per heavy atom. The summed E-state index contributed by atoms with van der Waals surface area (Å²) in [6, 6.07) is 0.718. The van der Waals surface area contributed by atoms with Crippen LogP contribution >= 0.6 is 0 Å². The summed E-state index contributed by atoms with van der Waals surface area (Å²) in [4.78, 5) is 43.3. The summed E-state index contributed by atoms with van der Waals surface area (Å²) < 4.78 is 40.6. The molecule has 0 atom stereocenters. The van der Waals surface area contributed by atoms with E-state index >= 15 is 0 Å². The van der Waals surface area contributed by atoms with E-state index in [1.165, 1.54) is 6.08 Å². The highest BCUT2D eigenvalue weighted by Crippen LogP contribution is 2.36. The number of halogens is 3. The molecule has 2 aromatic rings. The maximum atomic E-state index is 13.5. The molecule has 1 aliphatic rings. The summed E-state index contributed by atoms with van der Waals surface area (Å²) in [5.41, 5.74) is 9.82. The van der Waals surface area contributed by atoms with E-state index in [-0.39, 0.29) is 40.8 Å². The van der Waals surface area contributed by atoms with E-state index < -0.39 is 11.7 Å². The molecule has 1 fully saturated rings. The highest BCUT2D eigenvalue weighted by molar-refractivity contribution is 5.89. The minimum atomic E-state index is -4.69. The number of alkyl halides is 3. The molecule has 0 saturated carbocycles. The van der Waals surface area contributed by atoms with Crippen molar-refractivity contribution in [1.82, 2.24) is 24.8 Å². The zero-order chi connectivity index (χ0) is 25.6. The number of aromatic nitrogens is 4.